The summed E-state index contributed by atoms with van der Waals surface area (Å²) in [6, 6.07) is 8.91. The first-order valence-electron chi connectivity index (χ1n) is 5.51. The van der Waals surface area contributed by atoms with Gasteiger partial charge in [0.25, 0.3) is 0 Å². The first-order valence-corrected chi connectivity index (χ1v) is 5.51. The summed E-state index contributed by atoms with van der Waals surface area (Å²) >= 11 is 0. The number of amides is 1. The fraction of sp³-hybridized carbons (Fsp3) is 0.357. The molecule has 0 bridgehead atoms. The van der Waals surface area contributed by atoms with Crippen LogP contribution in [0.2, 0.25) is 0 Å². The van der Waals surface area contributed by atoms with Gasteiger partial charge >= 0.3 is 0 Å². The fourth-order valence-electron chi connectivity index (χ4n) is 1.46. The zero-order valence-corrected chi connectivity index (χ0v) is 13.9. The molecule has 0 aliphatic carbocycles. The summed E-state index contributed by atoms with van der Waals surface area (Å²) in [7, 11) is 0. The third-order valence-corrected chi connectivity index (χ3v) is 2.06. The van der Waals surface area contributed by atoms with E-state index in [1.165, 1.54) is 4.90 Å². The van der Waals surface area contributed by atoms with Gasteiger partial charge in [-0.3, -0.25) is 4.79 Å². The Kier molecular flexibility index (Phi) is 7.57. The van der Waals surface area contributed by atoms with Gasteiger partial charge in [-0.2, -0.15) is 0 Å². The molecule has 0 fully saturated rings. The largest absolute Gasteiger partial charge is 0.540 e. The van der Waals surface area contributed by atoms with Crippen LogP contribution in [0.15, 0.2) is 30.3 Å². The molecule has 95 valence electrons. The molecule has 1 amide bonds. The molecular formula is C14H17NO2Y-2. The van der Waals surface area contributed by atoms with Crippen LogP contribution < -0.4 is 0 Å². The van der Waals surface area contributed by atoms with Gasteiger partial charge in [0.05, 0.1) is 0 Å². The molecule has 0 aliphatic heterocycles. The Hall–Kier alpha value is -0.536. The summed E-state index contributed by atoms with van der Waals surface area (Å²) in [5, 5.41) is 0. The van der Waals surface area contributed by atoms with Crippen LogP contribution in [0.5, 0.6) is 0 Å². The van der Waals surface area contributed by atoms with Crippen LogP contribution in [0.25, 0.3) is 0 Å². The zero-order valence-electron chi connectivity index (χ0n) is 11.0. The van der Waals surface area contributed by atoms with Gasteiger partial charge in [0.2, 0.25) is 5.91 Å². The van der Waals surface area contributed by atoms with E-state index in [0.717, 1.165) is 0 Å². The van der Waals surface area contributed by atoms with Crippen molar-refractivity contribution in [2.75, 3.05) is 6.54 Å². The molecule has 0 spiro atoms. The number of hydrogen-bond donors (Lipinski definition) is 0. The SMILES string of the molecule is CC(C)(C)[CH-]N(C[C-]=O)C(=O)c1ccccc1.[Y]. The van der Waals surface area contributed by atoms with Crippen LogP contribution in [0.4, 0.5) is 0 Å². The van der Waals surface area contributed by atoms with Crippen LogP contribution in [-0.2, 0) is 37.5 Å². The first kappa shape index (κ1) is 17.5. The van der Waals surface area contributed by atoms with Crippen molar-refractivity contribution in [2.24, 2.45) is 5.41 Å². The zero-order chi connectivity index (χ0) is 12.9. The average molecular weight is 320 g/mol. The van der Waals surface area contributed by atoms with E-state index in [1.807, 2.05) is 26.8 Å². The summed E-state index contributed by atoms with van der Waals surface area (Å²) in [6.45, 7) is 7.65. The summed E-state index contributed by atoms with van der Waals surface area (Å²) in [6.07, 6.45) is 1.76. The molecule has 18 heavy (non-hydrogen) atoms. The van der Waals surface area contributed by atoms with Crippen molar-refractivity contribution in [3.8, 4) is 0 Å². The minimum absolute atomic E-state index is 0. The average Bonchev–Trinajstić information content (AvgIpc) is 2.27. The van der Waals surface area contributed by atoms with Crippen molar-refractivity contribution in [1.82, 2.24) is 4.90 Å². The normalized spacial score (nSPS) is 10.4. The quantitative estimate of drug-likeness (QED) is 0.799. The van der Waals surface area contributed by atoms with E-state index in [9.17, 15) is 9.59 Å². The monoisotopic (exact) mass is 320 g/mol. The van der Waals surface area contributed by atoms with Crippen molar-refractivity contribution in [3.05, 3.63) is 42.4 Å². The van der Waals surface area contributed by atoms with Crippen molar-refractivity contribution < 1.29 is 42.3 Å². The predicted octanol–water partition coefficient (Wildman–Crippen LogP) is 2.44. The molecule has 1 radical (unpaired) electrons. The molecule has 4 heteroatoms. The molecule has 1 aromatic rings. The first-order chi connectivity index (χ1) is 7.94. The molecule has 3 nitrogen and oxygen atoms in total. The van der Waals surface area contributed by atoms with Crippen molar-refractivity contribution in [1.29, 1.82) is 0 Å². The van der Waals surface area contributed by atoms with Gasteiger partial charge in [-0.15, -0.1) is 12.0 Å². The smallest absolute Gasteiger partial charge is 0.223 e. The molecule has 0 aromatic heterocycles. The van der Waals surface area contributed by atoms with Crippen molar-refractivity contribution in [3.63, 3.8) is 0 Å². The second-order valence-corrected chi connectivity index (χ2v) is 4.94. The van der Waals surface area contributed by atoms with Gasteiger partial charge < -0.3 is 9.69 Å². The van der Waals surface area contributed by atoms with E-state index in [4.69, 9.17) is 0 Å². The maximum absolute atomic E-state index is 12.1. The van der Waals surface area contributed by atoms with Crippen molar-refractivity contribution in [2.45, 2.75) is 20.8 Å². The number of nitrogens with zero attached hydrogens (tertiary/aromatic N) is 1. The second-order valence-electron chi connectivity index (χ2n) is 4.94. The van der Waals surface area contributed by atoms with E-state index in [0.29, 0.717) is 5.56 Å². The fourth-order valence-corrected chi connectivity index (χ4v) is 1.46. The molecule has 0 N–H and O–H groups in total. The second kappa shape index (κ2) is 7.80. The Labute approximate surface area is 134 Å². The maximum Gasteiger partial charge on any atom is 0.223 e. The topological polar surface area (TPSA) is 37.4 Å². The molecule has 0 saturated heterocycles. The summed E-state index contributed by atoms with van der Waals surface area (Å²) < 4.78 is 0. The molecule has 0 heterocycles. The number of carbonyl (C=O) groups is 1. The summed E-state index contributed by atoms with van der Waals surface area (Å²) in [5.74, 6) is -0.177. The summed E-state index contributed by atoms with van der Waals surface area (Å²) in [5.41, 5.74) is 0.407. The van der Waals surface area contributed by atoms with Crippen molar-refractivity contribution >= 4 is 12.2 Å². The van der Waals surface area contributed by atoms with Crippen LogP contribution in [0.1, 0.15) is 31.1 Å². The minimum atomic E-state index is -0.177. The number of hydrogen-bond acceptors (Lipinski definition) is 2. The maximum atomic E-state index is 12.1. The Balaban J connectivity index is 0.00000289. The molecule has 0 atom stereocenters. The van der Waals surface area contributed by atoms with Crippen LogP contribution >= 0.6 is 0 Å². The Bertz CT molecular complexity index is 385. The van der Waals surface area contributed by atoms with E-state index >= 15 is 0 Å². The van der Waals surface area contributed by atoms with Gasteiger partial charge in [0, 0.05) is 38.3 Å². The molecule has 0 saturated carbocycles. The van der Waals surface area contributed by atoms with E-state index in [-0.39, 0.29) is 50.6 Å². The molecule has 0 unspecified atom stereocenters. The third-order valence-electron chi connectivity index (χ3n) is 2.06. The van der Waals surface area contributed by atoms with Gasteiger partial charge in [0.15, 0.2) is 0 Å². The molecular weight excluding hydrogens is 303 g/mol. The Morgan fingerprint density at radius 1 is 1.28 bits per heavy atom. The van der Waals surface area contributed by atoms with E-state index < -0.39 is 0 Å². The van der Waals surface area contributed by atoms with Crippen LogP contribution in [0, 0.1) is 12.0 Å². The minimum Gasteiger partial charge on any atom is -0.540 e. The van der Waals surface area contributed by atoms with Gasteiger partial charge in [-0.25, -0.2) is 12.8 Å². The molecule has 1 rings (SSSR count). The third kappa shape index (κ3) is 5.88. The number of carbonyl (C=O) groups excluding carboxylic acids is 2. The predicted molar refractivity (Wildman–Crippen MR) is 66.9 cm³/mol. The van der Waals surface area contributed by atoms with E-state index in [2.05, 4.69) is 0 Å². The number of rotatable bonds is 4. The standard InChI is InChI=1S/C14H17NO2.Y/c1-14(2,3)11-15(9-10-16)13(17)12-7-5-4-6-8-12;/h4-8,11H,9H2,1-3H3;/q-2;. The molecule has 0 aliphatic rings. The van der Waals surface area contributed by atoms with Gasteiger partial charge in [-0.05, 0) is 12.1 Å². The molecule has 1 aromatic carbocycles. The van der Waals surface area contributed by atoms with E-state index in [1.54, 1.807) is 37.1 Å². The van der Waals surface area contributed by atoms with Gasteiger partial charge in [0.1, 0.15) is 0 Å². The van der Waals surface area contributed by atoms with Gasteiger partial charge in [-0.1, -0.05) is 39.0 Å². The van der Waals surface area contributed by atoms with Crippen LogP contribution in [-0.4, -0.2) is 23.6 Å². The summed E-state index contributed by atoms with van der Waals surface area (Å²) in [4.78, 5) is 24.0. The number of benzene rings is 1. The Morgan fingerprint density at radius 3 is 2.28 bits per heavy atom. The van der Waals surface area contributed by atoms with Crippen LogP contribution in [0.3, 0.4) is 0 Å². The Morgan fingerprint density at radius 2 is 1.83 bits per heavy atom.